The van der Waals surface area contributed by atoms with E-state index in [1.807, 2.05) is 35.8 Å². The molecule has 5 heteroatoms. The van der Waals surface area contributed by atoms with Gasteiger partial charge in [-0.3, -0.25) is 5.84 Å². The Morgan fingerprint density at radius 3 is 1.95 bits per heavy atom. The lowest BCUT2D eigenvalue weighted by Gasteiger charge is -2.21. The highest BCUT2D eigenvalue weighted by Crippen LogP contribution is 2.35. The van der Waals surface area contributed by atoms with Crippen molar-refractivity contribution in [3.63, 3.8) is 0 Å². The Labute approximate surface area is 115 Å². The monoisotopic (exact) mass is 282 g/mol. The SMILES string of the molecule is NNC(c1ccc(-c2ccccc2)cc1)C(F)(F)Cl. The van der Waals surface area contributed by atoms with Gasteiger partial charge in [0, 0.05) is 0 Å². The van der Waals surface area contributed by atoms with Gasteiger partial charge in [-0.05, 0) is 28.3 Å². The zero-order valence-corrected chi connectivity index (χ0v) is 10.7. The molecule has 0 radical (unpaired) electrons. The molecule has 0 aliphatic carbocycles. The van der Waals surface area contributed by atoms with Gasteiger partial charge in [0.1, 0.15) is 6.04 Å². The van der Waals surface area contributed by atoms with E-state index in [0.717, 1.165) is 11.1 Å². The minimum Gasteiger partial charge on any atom is -0.271 e. The number of alkyl halides is 3. The number of nitrogens with one attached hydrogen (secondary N) is 1. The van der Waals surface area contributed by atoms with Gasteiger partial charge in [-0.15, -0.1) is 0 Å². The van der Waals surface area contributed by atoms with E-state index >= 15 is 0 Å². The van der Waals surface area contributed by atoms with Crippen LogP contribution in [0.4, 0.5) is 8.78 Å². The lowest BCUT2D eigenvalue weighted by atomic mass is 10.0. The Morgan fingerprint density at radius 2 is 1.47 bits per heavy atom. The summed E-state index contributed by atoms with van der Waals surface area (Å²) in [5.41, 5.74) is 4.33. The second-order valence-corrected chi connectivity index (χ2v) is 4.63. The summed E-state index contributed by atoms with van der Waals surface area (Å²) in [7, 11) is 0. The van der Waals surface area contributed by atoms with E-state index in [4.69, 9.17) is 17.4 Å². The third-order valence-electron chi connectivity index (χ3n) is 2.85. The molecule has 0 aliphatic rings. The molecule has 0 saturated heterocycles. The molecular weight excluding hydrogens is 270 g/mol. The maximum absolute atomic E-state index is 13.1. The fourth-order valence-electron chi connectivity index (χ4n) is 1.88. The number of hydrogen-bond donors (Lipinski definition) is 2. The second-order valence-electron chi connectivity index (χ2n) is 4.13. The zero-order valence-electron chi connectivity index (χ0n) is 9.98. The highest BCUT2D eigenvalue weighted by Gasteiger charge is 2.37. The van der Waals surface area contributed by atoms with Crippen LogP contribution in [0.15, 0.2) is 54.6 Å². The first-order chi connectivity index (χ1) is 9.02. The second kappa shape index (κ2) is 5.65. The molecule has 1 unspecified atom stereocenters. The van der Waals surface area contributed by atoms with Crippen LogP contribution in [-0.2, 0) is 0 Å². The van der Waals surface area contributed by atoms with Crippen LogP contribution < -0.4 is 11.3 Å². The van der Waals surface area contributed by atoms with Gasteiger partial charge in [-0.1, -0.05) is 54.6 Å². The van der Waals surface area contributed by atoms with Crippen LogP contribution in [0.25, 0.3) is 11.1 Å². The molecule has 0 fully saturated rings. The Balaban J connectivity index is 2.28. The van der Waals surface area contributed by atoms with Crippen molar-refractivity contribution in [1.29, 1.82) is 0 Å². The third-order valence-corrected chi connectivity index (χ3v) is 3.06. The quantitative estimate of drug-likeness (QED) is 0.510. The first kappa shape index (κ1) is 13.9. The van der Waals surface area contributed by atoms with Crippen molar-refractivity contribution in [2.24, 2.45) is 5.84 Å². The molecule has 2 nitrogen and oxygen atoms in total. The minimum absolute atomic E-state index is 0.335. The predicted octanol–water partition coefficient (Wildman–Crippen LogP) is 3.69. The number of hydrogen-bond acceptors (Lipinski definition) is 2. The Bertz CT molecular complexity index is 523. The summed E-state index contributed by atoms with van der Waals surface area (Å²) >= 11 is 5.01. The maximum Gasteiger partial charge on any atom is 0.342 e. The Morgan fingerprint density at radius 1 is 0.947 bits per heavy atom. The van der Waals surface area contributed by atoms with Crippen LogP contribution in [0.2, 0.25) is 0 Å². The fraction of sp³-hybridized carbons (Fsp3) is 0.143. The first-order valence-corrected chi connectivity index (χ1v) is 6.08. The predicted molar refractivity (Wildman–Crippen MR) is 72.7 cm³/mol. The molecule has 100 valence electrons. The van der Waals surface area contributed by atoms with Gasteiger partial charge in [0.2, 0.25) is 0 Å². The van der Waals surface area contributed by atoms with Crippen molar-refractivity contribution in [2.45, 2.75) is 11.4 Å². The molecule has 0 bridgehead atoms. The highest BCUT2D eigenvalue weighted by molar-refractivity contribution is 6.22. The van der Waals surface area contributed by atoms with Gasteiger partial charge in [0.05, 0.1) is 0 Å². The molecule has 2 aromatic rings. The Hall–Kier alpha value is -1.49. The number of halogens is 3. The van der Waals surface area contributed by atoms with Gasteiger partial charge < -0.3 is 0 Å². The molecule has 19 heavy (non-hydrogen) atoms. The van der Waals surface area contributed by atoms with Crippen molar-refractivity contribution < 1.29 is 8.78 Å². The van der Waals surface area contributed by atoms with E-state index in [2.05, 4.69) is 0 Å². The maximum atomic E-state index is 13.1. The van der Waals surface area contributed by atoms with E-state index in [1.165, 1.54) is 0 Å². The molecule has 0 heterocycles. The van der Waals surface area contributed by atoms with Gasteiger partial charge >= 0.3 is 5.38 Å². The minimum atomic E-state index is -3.44. The van der Waals surface area contributed by atoms with Crippen LogP contribution in [0.5, 0.6) is 0 Å². The summed E-state index contributed by atoms with van der Waals surface area (Å²) in [5.74, 6) is 5.13. The Kier molecular flexibility index (Phi) is 4.14. The number of rotatable bonds is 4. The van der Waals surface area contributed by atoms with Crippen LogP contribution >= 0.6 is 11.6 Å². The summed E-state index contributed by atoms with van der Waals surface area (Å²) in [6.07, 6.45) is 0. The van der Waals surface area contributed by atoms with Crippen molar-refractivity contribution in [3.05, 3.63) is 60.2 Å². The fourth-order valence-corrected chi connectivity index (χ4v) is 2.07. The number of hydrazine groups is 1. The molecule has 3 N–H and O–H groups in total. The van der Waals surface area contributed by atoms with E-state index < -0.39 is 11.4 Å². The molecule has 2 rings (SSSR count). The third kappa shape index (κ3) is 3.29. The van der Waals surface area contributed by atoms with E-state index in [-0.39, 0.29) is 0 Å². The molecule has 2 aromatic carbocycles. The number of benzene rings is 2. The van der Waals surface area contributed by atoms with Crippen molar-refractivity contribution in [2.75, 3.05) is 0 Å². The molecule has 1 atom stereocenters. The highest BCUT2D eigenvalue weighted by atomic mass is 35.5. The molecular formula is C14H13ClF2N2. The molecule has 0 spiro atoms. The van der Waals surface area contributed by atoms with Crippen LogP contribution in [-0.4, -0.2) is 5.38 Å². The summed E-state index contributed by atoms with van der Waals surface area (Å²) in [4.78, 5) is 0. The molecule has 0 saturated carbocycles. The van der Waals surface area contributed by atoms with Gasteiger partial charge in [0.25, 0.3) is 0 Å². The summed E-state index contributed by atoms with van der Waals surface area (Å²) in [6, 6.07) is 14.9. The van der Waals surface area contributed by atoms with E-state index in [1.54, 1.807) is 24.3 Å². The van der Waals surface area contributed by atoms with Crippen molar-refractivity contribution in [1.82, 2.24) is 5.43 Å². The van der Waals surface area contributed by atoms with Crippen LogP contribution in [0, 0.1) is 0 Å². The standard InChI is InChI=1S/C14H13ClF2N2/c15-14(16,17)13(19-18)12-8-6-11(7-9-12)10-4-2-1-3-5-10/h1-9,13,19H,18H2. The van der Waals surface area contributed by atoms with E-state index in [9.17, 15) is 8.78 Å². The normalized spacial score (nSPS) is 13.3. The molecule has 0 aliphatic heterocycles. The largest absolute Gasteiger partial charge is 0.342 e. The number of nitrogens with two attached hydrogens (primary N) is 1. The summed E-state index contributed by atoms with van der Waals surface area (Å²) in [6.45, 7) is 0. The average Bonchev–Trinajstić information content (AvgIpc) is 2.40. The average molecular weight is 283 g/mol. The van der Waals surface area contributed by atoms with E-state index in [0.29, 0.717) is 5.56 Å². The smallest absolute Gasteiger partial charge is 0.271 e. The topological polar surface area (TPSA) is 38.0 Å². The zero-order chi connectivity index (χ0) is 13.9. The van der Waals surface area contributed by atoms with Gasteiger partial charge in [-0.2, -0.15) is 8.78 Å². The summed E-state index contributed by atoms with van der Waals surface area (Å²) < 4.78 is 26.2. The first-order valence-electron chi connectivity index (χ1n) is 5.70. The van der Waals surface area contributed by atoms with Gasteiger partial charge in [-0.25, -0.2) is 5.43 Å². The summed E-state index contributed by atoms with van der Waals surface area (Å²) in [5, 5.41) is -3.44. The van der Waals surface area contributed by atoms with Crippen LogP contribution in [0.1, 0.15) is 11.6 Å². The van der Waals surface area contributed by atoms with Gasteiger partial charge in [0.15, 0.2) is 0 Å². The lowest BCUT2D eigenvalue weighted by Crippen LogP contribution is -2.37. The van der Waals surface area contributed by atoms with Crippen LogP contribution in [0.3, 0.4) is 0 Å². The molecule has 0 aromatic heterocycles. The van der Waals surface area contributed by atoms with Crippen molar-refractivity contribution in [3.8, 4) is 11.1 Å². The lowest BCUT2D eigenvalue weighted by molar-refractivity contribution is 0.0498. The van der Waals surface area contributed by atoms with Crippen molar-refractivity contribution >= 4 is 11.6 Å². The molecule has 0 amide bonds.